The first-order valence-electron chi connectivity index (χ1n) is 8.74. The molecule has 1 saturated heterocycles. The van der Waals surface area contributed by atoms with Gasteiger partial charge in [-0.2, -0.15) is 13.2 Å². The number of hydrogen-bond donors (Lipinski definition) is 0. The topological polar surface area (TPSA) is 6.48 Å². The van der Waals surface area contributed by atoms with E-state index in [1.54, 1.807) is 18.2 Å². The Bertz CT molecular complexity index is 737. The van der Waals surface area contributed by atoms with Crippen molar-refractivity contribution in [3.63, 3.8) is 0 Å². The lowest BCUT2D eigenvalue weighted by molar-refractivity contribution is -0.137. The van der Waals surface area contributed by atoms with Crippen molar-refractivity contribution in [1.29, 1.82) is 0 Å². The lowest BCUT2D eigenvalue weighted by Gasteiger charge is -2.39. The van der Waals surface area contributed by atoms with Crippen LogP contribution in [0.4, 0.5) is 23.2 Å². The van der Waals surface area contributed by atoms with Gasteiger partial charge in [-0.3, -0.25) is 4.90 Å². The number of rotatable bonds is 4. The molecular formula is C20H22F4N2. The molecular weight excluding hydrogens is 344 g/mol. The first-order valence-corrected chi connectivity index (χ1v) is 8.74. The number of alkyl halides is 3. The van der Waals surface area contributed by atoms with Gasteiger partial charge in [0.2, 0.25) is 0 Å². The van der Waals surface area contributed by atoms with Crippen molar-refractivity contribution >= 4 is 5.69 Å². The molecule has 0 radical (unpaired) electrons. The Morgan fingerprint density at radius 2 is 1.65 bits per heavy atom. The standard InChI is InChI=1S/C20H22F4N2/c1-15(13-16-5-4-6-17(14-16)20(22,23)24)25-9-11-26(12-10-25)19-8-3-2-7-18(19)21/h2-8,14-15H,9-13H2,1H3/t15-/m0/s1. The van der Waals surface area contributed by atoms with Gasteiger partial charge in [0, 0.05) is 32.2 Å². The second-order valence-corrected chi connectivity index (χ2v) is 6.73. The fraction of sp³-hybridized carbons (Fsp3) is 0.400. The Hall–Kier alpha value is -2.08. The summed E-state index contributed by atoms with van der Waals surface area (Å²) in [6, 6.07) is 12.4. The smallest absolute Gasteiger partial charge is 0.367 e. The minimum absolute atomic E-state index is 0.126. The highest BCUT2D eigenvalue weighted by atomic mass is 19.4. The number of hydrogen-bond acceptors (Lipinski definition) is 2. The molecule has 0 N–H and O–H groups in total. The fourth-order valence-corrected chi connectivity index (χ4v) is 3.46. The summed E-state index contributed by atoms with van der Waals surface area (Å²) in [6.45, 7) is 4.95. The highest BCUT2D eigenvalue weighted by molar-refractivity contribution is 5.48. The van der Waals surface area contributed by atoms with Crippen molar-refractivity contribution in [2.75, 3.05) is 31.1 Å². The zero-order valence-electron chi connectivity index (χ0n) is 14.6. The minimum Gasteiger partial charge on any atom is -0.367 e. The second-order valence-electron chi connectivity index (χ2n) is 6.73. The Morgan fingerprint density at radius 3 is 2.31 bits per heavy atom. The van der Waals surface area contributed by atoms with Gasteiger partial charge in [-0.25, -0.2) is 4.39 Å². The van der Waals surface area contributed by atoms with Gasteiger partial charge in [0.25, 0.3) is 0 Å². The molecule has 1 aliphatic rings. The maximum Gasteiger partial charge on any atom is 0.416 e. The molecule has 0 amide bonds. The number of halogens is 4. The first-order chi connectivity index (χ1) is 12.3. The summed E-state index contributed by atoms with van der Waals surface area (Å²) in [5.74, 6) is -0.224. The molecule has 0 aromatic heterocycles. The van der Waals surface area contributed by atoms with Crippen LogP contribution in [0.25, 0.3) is 0 Å². The average Bonchev–Trinajstić information content (AvgIpc) is 2.62. The van der Waals surface area contributed by atoms with E-state index in [0.29, 0.717) is 30.8 Å². The summed E-state index contributed by atoms with van der Waals surface area (Å²) >= 11 is 0. The van der Waals surface area contributed by atoms with Crippen molar-refractivity contribution in [3.8, 4) is 0 Å². The summed E-state index contributed by atoms with van der Waals surface area (Å²) < 4.78 is 52.5. The van der Waals surface area contributed by atoms with Gasteiger partial charge in [0.15, 0.2) is 0 Å². The molecule has 3 rings (SSSR count). The fourth-order valence-electron chi connectivity index (χ4n) is 3.46. The van der Waals surface area contributed by atoms with Crippen LogP contribution < -0.4 is 4.90 Å². The maximum atomic E-state index is 13.9. The van der Waals surface area contributed by atoms with E-state index in [-0.39, 0.29) is 11.9 Å². The molecule has 0 bridgehead atoms. The van der Waals surface area contributed by atoms with Crippen LogP contribution >= 0.6 is 0 Å². The van der Waals surface area contributed by atoms with Crippen LogP contribution in [-0.2, 0) is 12.6 Å². The summed E-state index contributed by atoms with van der Waals surface area (Å²) in [5, 5.41) is 0. The van der Waals surface area contributed by atoms with Crippen LogP contribution in [0.3, 0.4) is 0 Å². The lowest BCUT2D eigenvalue weighted by Crippen LogP contribution is -2.50. The van der Waals surface area contributed by atoms with E-state index in [1.807, 2.05) is 17.9 Å². The second kappa shape index (κ2) is 7.66. The van der Waals surface area contributed by atoms with E-state index in [2.05, 4.69) is 4.90 Å². The zero-order chi connectivity index (χ0) is 18.7. The van der Waals surface area contributed by atoms with Crippen LogP contribution in [-0.4, -0.2) is 37.1 Å². The zero-order valence-corrected chi connectivity index (χ0v) is 14.6. The molecule has 140 valence electrons. The highest BCUT2D eigenvalue weighted by Crippen LogP contribution is 2.30. The Labute approximate surface area is 151 Å². The van der Waals surface area contributed by atoms with E-state index in [4.69, 9.17) is 0 Å². The third kappa shape index (κ3) is 4.36. The summed E-state index contributed by atoms with van der Waals surface area (Å²) in [4.78, 5) is 4.26. The predicted molar refractivity (Wildman–Crippen MR) is 94.8 cm³/mol. The number of piperazine rings is 1. The van der Waals surface area contributed by atoms with Crippen LogP contribution in [0, 0.1) is 5.82 Å². The molecule has 0 unspecified atom stereocenters. The molecule has 1 fully saturated rings. The van der Waals surface area contributed by atoms with Gasteiger partial charge >= 0.3 is 6.18 Å². The summed E-state index contributed by atoms with van der Waals surface area (Å²) in [6.07, 6.45) is -3.76. The monoisotopic (exact) mass is 366 g/mol. The summed E-state index contributed by atoms with van der Waals surface area (Å²) in [5.41, 5.74) is 0.688. The molecule has 1 heterocycles. The largest absolute Gasteiger partial charge is 0.416 e. The van der Waals surface area contributed by atoms with E-state index >= 15 is 0 Å². The molecule has 26 heavy (non-hydrogen) atoms. The first kappa shape index (κ1) is 18.7. The lowest BCUT2D eigenvalue weighted by atomic mass is 10.0. The number of benzene rings is 2. The molecule has 6 heteroatoms. The van der Waals surface area contributed by atoms with Gasteiger partial charge in [0.05, 0.1) is 11.3 Å². The third-order valence-corrected chi connectivity index (χ3v) is 4.92. The molecule has 2 aromatic rings. The van der Waals surface area contributed by atoms with Crippen LogP contribution in [0.5, 0.6) is 0 Å². The van der Waals surface area contributed by atoms with Gasteiger partial charge < -0.3 is 4.90 Å². The maximum absolute atomic E-state index is 13.9. The van der Waals surface area contributed by atoms with Crippen LogP contribution in [0.15, 0.2) is 48.5 Å². The Morgan fingerprint density at radius 1 is 0.962 bits per heavy atom. The van der Waals surface area contributed by atoms with Crippen molar-refractivity contribution in [1.82, 2.24) is 4.90 Å². The highest BCUT2D eigenvalue weighted by Gasteiger charge is 2.30. The van der Waals surface area contributed by atoms with Crippen molar-refractivity contribution in [2.24, 2.45) is 0 Å². The molecule has 0 spiro atoms. The van der Waals surface area contributed by atoms with E-state index < -0.39 is 11.7 Å². The van der Waals surface area contributed by atoms with Gasteiger partial charge in [0.1, 0.15) is 5.82 Å². The van der Waals surface area contributed by atoms with Crippen LogP contribution in [0.1, 0.15) is 18.1 Å². The predicted octanol–water partition coefficient (Wildman–Crippen LogP) is 4.60. The molecule has 0 saturated carbocycles. The minimum atomic E-state index is -4.31. The molecule has 2 aromatic carbocycles. The normalized spacial score (nSPS) is 17.3. The molecule has 1 atom stereocenters. The molecule has 1 aliphatic heterocycles. The van der Waals surface area contributed by atoms with Crippen molar-refractivity contribution < 1.29 is 17.6 Å². The van der Waals surface area contributed by atoms with Gasteiger partial charge in [-0.15, -0.1) is 0 Å². The van der Waals surface area contributed by atoms with E-state index in [9.17, 15) is 17.6 Å². The number of anilines is 1. The van der Waals surface area contributed by atoms with E-state index in [0.717, 1.165) is 19.2 Å². The Kier molecular flexibility index (Phi) is 5.51. The Balaban J connectivity index is 1.59. The molecule has 2 nitrogen and oxygen atoms in total. The number of nitrogens with zero attached hydrogens (tertiary/aromatic N) is 2. The van der Waals surface area contributed by atoms with Crippen molar-refractivity contribution in [3.05, 3.63) is 65.5 Å². The average molecular weight is 366 g/mol. The van der Waals surface area contributed by atoms with Crippen molar-refractivity contribution in [2.45, 2.75) is 25.6 Å². The quantitative estimate of drug-likeness (QED) is 0.730. The van der Waals surface area contributed by atoms with Gasteiger partial charge in [-0.1, -0.05) is 30.3 Å². The molecule has 0 aliphatic carbocycles. The van der Waals surface area contributed by atoms with Gasteiger partial charge in [-0.05, 0) is 37.1 Å². The summed E-state index contributed by atoms with van der Waals surface area (Å²) in [7, 11) is 0. The number of para-hydroxylation sites is 1. The van der Waals surface area contributed by atoms with E-state index in [1.165, 1.54) is 18.2 Å². The SMILES string of the molecule is C[C@@H](Cc1cccc(C(F)(F)F)c1)N1CCN(c2ccccc2F)CC1. The third-order valence-electron chi connectivity index (χ3n) is 4.92. The van der Waals surface area contributed by atoms with Crippen LogP contribution in [0.2, 0.25) is 0 Å².